The fourth-order valence-corrected chi connectivity index (χ4v) is 6.05. The normalized spacial score (nSPS) is 17.0. The van der Waals surface area contributed by atoms with Gasteiger partial charge in [-0.3, -0.25) is 14.4 Å². The molecule has 1 atom stereocenters. The molecule has 11 heteroatoms. The van der Waals surface area contributed by atoms with Gasteiger partial charge in [-0.05, 0) is 36.9 Å². The smallest absolute Gasteiger partial charge is 0.269 e. The number of ether oxygens (including phenoxy) is 1. The van der Waals surface area contributed by atoms with Crippen molar-refractivity contribution in [1.29, 1.82) is 0 Å². The van der Waals surface area contributed by atoms with E-state index in [1.54, 1.807) is 31.0 Å². The number of oxazole rings is 1. The molecular formula is C33H43N5O6. The SMILES string of the molecule is CCC(=O)CCCCC[C@H](NC(=O)C1=NOC2(CCN(CC)CC2)C1)c1ncc(-c2cc3ccc(=O)n(C)c3cc2OC)o1. The van der Waals surface area contributed by atoms with Crippen LogP contribution in [0.2, 0.25) is 0 Å². The third-order valence-electron chi connectivity index (χ3n) is 9.00. The topological polar surface area (TPSA) is 128 Å². The maximum absolute atomic E-state index is 13.5. The van der Waals surface area contributed by atoms with Crippen LogP contribution < -0.4 is 15.6 Å². The number of piperidine rings is 1. The zero-order chi connectivity index (χ0) is 31.3. The van der Waals surface area contributed by atoms with Gasteiger partial charge >= 0.3 is 0 Å². The summed E-state index contributed by atoms with van der Waals surface area (Å²) in [6, 6.07) is 6.52. The summed E-state index contributed by atoms with van der Waals surface area (Å²) >= 11 is 0. The molecule has 3 aromatic rings. The Bertz CT molecular complexity index is 1580. The van der Waals surface area contributed by atoms with Crippen molar-refractivity contribution in [2.24, 2.45) is 12.2 Å². The minimum absolute atomic E-state index is 0.110. The van der Waals surface area contributed by atoms with Gasteiger partial charge < -0.3 is 28.8 Å². The number of amides is 1. The van der Waals surface area contributed by atoms with Crippen LogP contribution in [0, 0.1) is 0 Å². The summed E-state index contributed by atoms with van der Waals surface area (Å²) in [5, 5.41) is 8.19. The van der Waals surface area contributed by atoms with Gasteiger partial charge in [0.05, 0.1) is 24.4 Å². The van der Waals surface area contributed by atoms with Gasteiger partial charge in [-0.15, -0.1) is 0 Å². The van der Waals surface area contributed by atoms with Crippen LogP contribution in [0.25, 0.3) is 22.2 Å². The number of oxime groups is 1. The van der Waals surface area contributed by atoms with Crippen molar-refractivity contribution < 1.29 is 23.6 Å². The number of aryl methyl sites for hydroxylation is 1. The number of ketones is 1. The molecule has 1 amide bonds. The van der Waals surface area contributed by atoms with E-state index >= 15 is 0 Å². The molecule has 0 radical (unpaired) electrons. The Balaban J connectivity index is 1.34. The average molecular weight is 606 g/mol. The van der Waals surface area contributed by atoms with E-state index in [0.29, 0.717) is 54.4 Å². The molecule has 44 heavy (non-hydrogen) atoms. The van der Waals surface area contributed by atoms with E-state index in [9.17, 15) is 14.4 Å². The van der Waals surface area contributed by atoms with Crippen molar-refractivity contribution in [3.8, 4) is 17.1 Å². The third kappa shape index (κ3) is 6.88. The van der Waals surface area contributed by atoms with E-state index in [4.69, 9.17) is 14.0 Å². The van der Waals surface area contributed by atoms with Crippen LogP contribution in [0.1, 0.15) is 83.6 Å². The first-order valence-corrected chi connectivity index (χ1v) is 15.7. The summed E-state index contributed by atoms with van der Waals surface area (Å²) in [7, 11) is 3.29. The highest BCUT2D eigenvalue weighted by molar-refractivity contribution is 6.39. The van der Waals surface area contributed by atoms with Crippen LogP contribution in [-0.4, -0.2) is 64.2 Å². The predicted molar refractivity (Wildman–Crippen MR) is 168 cm³/mol. The number of hydrogen-bond acceptors (Lipinski definition) is 9. The average Bonchev–Trinajstić information content (AvgIpc) is 3.70. The Hall–Kier alpha value is -3.99. The first-order valence-electron chi connectivity index (χ1n) is 15.7. The summed E-state index contributed by atoms with van der Waals surface area (Å²) in [6.07, 6.45) is 7.94. The molecule has 4 heterocycles. The lowest BCUT2D eigenvalue weighted by molar-refractivity contribution is -0.119. The van der Waals surface area contributed by atoms with Crippen LogP contribution in [0.4, 0.5) is 0 Å². The molecule has 5 rings (SSSR count). The van der Waals surface area contributed by atoms with Gasteiger partial charge in [0, 0.05) is 64.4 Å². The van der Waals surface area contributed by atoms with E-state index in [2.05, 4.69) is 27.3 Å². The van der Waals surface area contributed by atoms with Gasteiger partial charge in [-0.25, -0.2) is 4.98 Å². The number of carbonyl (C=O) groups is 2. The number of likely N-dealkylation sites (tertiary alicyclic amines) is 1. The van der Waals surface area contributed by atoms with Crippen molar-refractivity contribution in [2.45, 2.75) is 83.3 Å². The highest BCUT2D eigenvalue weighted by atomic mass is 16.7. The van der Waals surface area contributed by atoms with E-state index in [1.807, 2.05) is 19.1 Å². The number of pyridine rings is 1. The minimum Gasteiger partial charge on any atom is -0.496 e. The maximum Gasteiger partial charge on any atom is 0.269 e. The fourth-order valence-electron chi connectivity index (χ4n) is 6.05. The summed E-state index contributed by atoms with van der Waals surface area (Å²) < 4.78 is 13.5. The van der Waals surface area contributed by atoms with Crippen molar-refractivity contribution in [3.05, 3.63) is 46.7 Å². The van der Waals surface area contributed by atoms with Gasteiger partial charge in [0.1, 0.15) is 28.9 Å². The molecule has 1 aromatic carbocycles. The monoisotopic (exact) mass is 605 g/mol. The van der Waals surface area contributed by atoms with E-state index in [-0.39, 0.29) is 17.2 Å². The summed E-state index contributed by atoms with van der Waals surface area (Å²) in [5.74, 6) is 1.39. The van der Waals surface area contributed by atoms with Crippen LogP contribution >= 0.6 is 0 Å². The summed E-state index contributed by atoms with van der Waals surface area (Å²) in [4.78, 5) is 50.2. The predicted octanol–water partition coefficient (Wildman–Crippen LogP) is 4.92. The van der Waals surface area contributed by atoms with Gasteiger partial charge in [0.15, 0.2) is 5.76 Å². The fraction of sp³-hybridized carbons (Fsp3) is 0.545. The Morgan fingerprint density at radius 2 is 1.93 bits per heavy atom. The lowest BCUT2D eigenvalue weighted by Crippen LogP contribution is -2.45. The molecule has 2 aliphatic rings. The number of hydrogen-bond donors (Lipinski definition) is 1. The highest BCUT2D eigenvalue weighted by Crippen LogP contribution is 2.37. The molecule has 236 valence electrons. The molecule has 2 aliphatic heterocycles. The summed E-state index contributed by atoms with van der Waals surface area (Å²) in [5.41, 5.74) is 1.30. The van der Waals surface area contributed by atoms with E-state index < -0.39 is 11.6 Å². The van der Waals surface area contributed by atoms with Crippen LogP contribution in [0.3, 0.4) is 0 Å². The second-order valence-corrected chi connectivity index (χ2v) is 11.8. The number of benzene rings is 1. The summed E-state index contributed by atoms with van der Waals surface area (Å²) in [6.45, 7) is 6.89. The Labute approximate surface area is 257 Å². The molecule has 0 unspecified atom stereocenters. The Morgan fingerprint density at radius 1 is 1.14 bits per heavy atom. The Morgan fingerprint density at radius 3 is 2.66 bits per heavy atom. The van der Waals surface area contributed by atoms with Gasteiger partial charge in [0.2, 0.25) is 5.89 Å². The lowest BCUT2D eigenvalue weighted by atomic mass is 9.86. The highest BCUT2D eigenvalue weighted by Gasteiger charge is 2.43. The molecular weight excluding hydrogens is 562 g/mol. The number of aromatic nitrogens is 2. The number of nitrogens with zero attached hydrogens (tertiary/aromatic N) is 4. The zero-order valence-corrected chi connectivity index (χ0v) is 26.2. The first-order chi connectivity index (χ1) is 21.3. The van der Waals surface area contributed by atoms with Gasteiger partial charge in [-0.1, -0.05) is 31.8 Å². The molecule has 1 fully saturated rings. The van der Waals surface area contributed by atoms with Crippen molar-refractivity contribution in [2.75, 3.05) is 26.7 Å². The molecule has 0 aliphatic carbocycles. The Kier molecular flexibility index (Phi) is 9.83. The molecule has 2 aromatic heterocycles. The molecule has 0 saturated carbocycles. The third-order valence-corrected chi connectivity index (χ3v) is 9.00. The number of methoxy groups -OCH3 is 1. The standard InChI is InChI=1S/C33H43N5O6/c1-5-23(39)10-8-7-9-11-25(35-31(41)26-20-33(44-36-26)14-16-38(6-2)17-15-33)32-34-21-29(43-32)24-18-22-12-13-30(40)37(3)27(22)19-28(24)42-4/h12-13,18-19,21,25H,5-11,14-17,20H2,1-4H3,(H,35,41)/t25-/m0/s1. The second-order valence-electron chi connectivity index (χ2n) is 11.8. The number of fused-ring (bicyclic) bond motifs is 1. The van der Waals surface area contributed by atoms with Gasteiger partial charge in [0.25, 0.3) is 11.5 Å². The first kappa shape index (κ1) is 31.4. The maximum atomic E-state index is 13.5. The molecule has 11 nitrogen and oxygen atoms in total. The van der Waals surface area contributed by atoms with E-state index in [0.717, 1.165) is 62.6 Å². The quantitative estimate of drug-likeness (QED) is 0.272. The number of unbranched alkanes of at least 4 members (excludes halogenated alkanes) is 2. The number of carbonyl (C=O) groups excluding carboxylic acids is 2. The zero-order valence-electron chi connectivity index (χ0n) is 26.2. The van der Waals surface area contributed by atoms with Crippen molar-refractivity contribution >= 4 is 28.3 Å². The molecule has 1 saturated heterocycles. The number of Topliss-reactive ketones (excluding diaryl/α,β-unsaturated/α-hetero) is 1. The van der Waals surface area contributed by atoms with Crippen LogP contribution in [0.15, 0.2) is 44.8 Å². The minimum atomic E-state index is -0.494. The van der Waals surface area contributed by atoms with Crippen LogP contribution in [0.5, 0.6) is 5.75 Å². The van der Waals surface area contributed by atoms with Gasteiger partial charge in [-0.2, -0.15) is 0 Å². The largest absolute Gasteiger partial charge is 0.496 e. The van der Waals surface area contributed by atoms with Crippen molar-refractivity contribution in [1.82, 2.24) is 19.8 Å². The molecule has 1 N–H and O–H groups in total. The second kappa shape index (κ2) is 13.8. The van der Waals surface area contributed by atoms with Crippen molar-refractivity contribution in [3.63, 3.8) is 0 Å². The number of rotatable bonds is 13. The molecule has 1 spiro atoms. The van der Waals surface area contributed by atoms with Crippen LogP contribution in [-0.2, 0) is 21.5 Å². The lowest BCUT2D eigenvalue weighted by Gasteiger charge is -2.36. The van der Waals surface area contributed by atoms with E-state index in [1.165, 1.54) is 6.07 Å². The molecule has 0 bridgehead atoms. The number of nitrogens with one attached hydrogen (secondary N) is 1.